The first-order valence-electron chi connectivity index (χ1n) is 14.5. The van der Waals surface area contributed by atoms with Crippen LogP contribution in [0.2, 0.25) is 0 Å². The zero-order valence-electron chi connectivity index (χ0n) is 23.4. The Hall–Kier alpha value is -4.82. The third kappa shape index (κ3) is 3.71. The molecule has 0 spiro atoms. The van der Waals surface area contributed by atoms with Crippen LogP contribution in [-0.2, 0) is 11.0 Å². The van der Waals surface area contributed by atoms with Crippen molar-refractivity contribution in [3.63, 3.8) is 0 Å². The molecule has 1 aromatic heterocycles. The lowest BCUT2D eigenvalue weighted by atomic mass is 9.77. The molecular formula is C39H32N2. The van der Waals surface area contributed by atoms with Crippen molar-refractivity contribution in [2.75, 3.05) is 5.32 Å². The molecule has 2 nitrogen and oxygen atoms in total. The number of fused-ring (bicyclic) bond motifs is 6. The highest BCUT2D eigenvalue weighted by molar-refractivity contribution is 6.08. The molecule has 198 valence electrons. The van der Waals surface area contributed by atoms with Crippen molar-refractivity contribution in [2.24, 2.45) is 0 Å². The minimum Gasteiger partial charge on any atom is -0.372 e. The van der Waals surface area contributed by atoms with E-state index >= 15 is 0 Å². The van der Waals surface area contributed by atoms with E-state index in [2.05, 4.69) is 158 Å². The van der Waals surface area contributed by atoms with Crippen molar-refractivity contribution < 1.29 is 0 Å². The molecule has 2 heteroatoms. The molecule has 2 N–H and O–H groups in total. The third-order valence-electron chi connectivity index (χ3n) is 9.22. The van der Waals surface area contributed by atoms with Crippen molar-refractivity contribution >= 4 is 33.1 Å². The lowest BCUT2D eigenvalue weighted by molar-refractivity contribution is 0.618. The summed E-state index contributed by atoms with van der Waals surface area (Å²) in [6.45, 7) is 4.69. The molecule has 0 saturated heterocycles. The molecule has 1 atom stereocenters. The molecule has 0 aliphatic heterocycles. The standard InChI is InChI=1S/C39H32N2/c1-38(2)34-16-8-6-14-30(34)32-23-28(18-20-35(32)38)39(22-10-13-27(25-39)26-11-4-3-5-12-26)41-29-19-21-37-33(24-29)31-15-7-9-17-36(31)40-37/h3-21,23-25,40-41H,22H2,1-2H3. The van der Waals surface area contributed by atoms with E-state index in [4.69, 9.17) is 0 Å². The van der Waals surface area contributed by atoms with Crippen LogP contribution >= 0.6 is 0 Å². The molecule has 2 aliphatic carbocycles. The van der Waals surface area contributed by atoms with Crippen molar-refractivity contribution in [3.8, 4) is 11.1 Å². The molecule has 6 aromatic rings. The first-order valence-corrected chi connectivity index (χ1v) is 14.5. The quantitative estimate of drug-likeness (QED) is 0.234. The molecule has 0 radical (unpaired) electrons. The zero-order valence-corrected chi connectivity index (χ0v) is 23.4. The Bertz CT molecular complexity index is 2020. The van der Waals surface area contributed by atoms with E-state index in [1.807, 2.05) is 0 Å². The minimum absolute atomic E-state index is 0.0110. The Morgan fingerprint density at radius 2 is 1.41 bits per heavy atom. The number of aromatic nitrogens is 1. The van der Waals surface area contributed by atoms with Crippen LogP contribution in [0.5, 0.6) is 0 Å². The number of H-pyrrole nitrogens is 1. The van der Waals surface area contributed by atoms with Crippen molar-refractivity contribution in [2.45, 2.75) is 31.2 Å². The molecule has 1 unspecified atom stereocenters. The first kappa shape index (κ1) is 24.0. The number of nitrogens with one attached hydrogen (secondary N) is 2. The van der Waals surface area contributed by atoms with Crippen molar-refractivity contribution in [3.05, 3.63) is 156 Å². The van der Waals surface area contributed by atoms with E-state index < -0.39 is 5.54 Å². The summed E-state index contributed by atoms with van der Waals surface area (Å²) >= 11 is 0. The predicted molar refractivity (Wildman–Crippen MR) is 173 cm³/mol. The average molecular weight is 529 g/mol. The maximum absolute atomic E-state index is 4.05. The second-order valence-corrected chi connectivity index (χ2v) is 12.0. The van der Waals surface area contributed by atoms with Gasteiger partial charge in [-0.3, -0.25) is 0 Å². The van der Waals surface area contributed by atoms with E-state index in [-0.39, 0.29) is 5.41 Å². The smallest absolute Gasteiger partial charge is 0.0853 e. The van der Waals surface area contributed by atoms with Gasteiger partial charge in [-0.05, 0) is 81.8 Å². The SMILES string of the molecule is CC1(C)c2ccccc2-c2cc(C3(Nc4ccc5[nH]c6ccccc6c5c4)C=C(c4ccccc4)C=CC3)ccc21. The van der Waals surface area contributed by atoms with Gasteiger partial charge in [0.1, 0.15) is 0 Å². The number of benzene rings is 5. The van der Waals surface area contributed by atoms with Gasteiger partial charge >= 0.3 is 0 Å². The number of rotatable bonds is 4. The summed E-state index contributed by atoms with van der Waals surface area (Å²) in [6, 6.07) is 42.0. The Balaban J connectivity index is 1.31. The van der Waals surface area contributed by atoms with Gasteiger partial charge < -0.3 is 10.3 Å². The van der Waals surface area contributed by atoms with Crippen molar-refractivity contribution in [1.29, 1.82) is 0 Å². The number of anilines is 1. The molecule has 0 saturated carbocycles. The van der Waals surface area contributed by atoms with Gasteiger partial charge in [0.15, 0.2) is 0 Å². The Morgan fingerprint density at radius 1 is 0.659 bits per heavy atom. The molecule has 41 heavy (non-hydrogen) atoms. The highest BCUT2D eigenvalue weighted by Gasteiger charge is 2.38. The van der Waals surface area contributed by atoms with Crippen molar-refractivity contribution in [1.82, 2.24) is 4.98 Å². The van der Waals surface area contributed by atoms with E-state index in [1.54, 1.807) is 0 Å². The number of para-hydroxylation sites is 1. The summed E-state index contributed by atoms with van der Waals surface area (Å²) < 4.78 is 0. The average Bonchev–Trinajstić information content (AvgIpc) is 3.49. The summed E-state index contributed by atoms with van der Waals surface area (Å²) in [4.78, 5) is 3.57. The van der Waals surface area contributed by atoms with Gasteiger partial charge in [-0.15, -0.1) is 0 Å². The maximum Gasteiger partial charge on any atom is 0.0853 e. The largest absolute Gasteiger partial charge is 0.372 e. The number of aromatic amines is 1. The van der Waals surface area contributed by atoms with E-state index in [0.29, 0.717) is 0 Å². The number of hydrogen-bond donors (Lipinski definition) is 2. The highest BCUT2D eigenvalue weighted by atomic mass is 15.0. The van der Waals surface area contributed by atoms with Gasteiger partial charge in [0.2, 0.25) is 0 Å². The molecule has 5 aromatic carbocycles. The van der Waals surface area contributed by atoms with Crippen LogP contribution in [0.25, 0.3) is 38.5 Å². The van der Waals surface area contributed by atoms with E-state index in [0.717, 1.165) is 17.6 Å². The Morgan fingerprint density at radius 3 is 2.32 bits per heavy atom. The maximum atomic E-state index is 4.05. The molecule has 0 bridgehead atoms. The van der Waals surface area contributed by atoms with Gasteiger partial charge in [-0.1, -0.05) is 111 Å². The van der Waals surface area contributed by atoms with E-state index in [1.165, 1.54) is 55.2 Å². The number of hydrogen-bond acceptors (Lipinski definition) is 1. The Labute approximate surface area is 241 Å². The summed E-state index contributed by atoms with van der Waals surface area (Å²) in [7, 11) is 0. The summed E-state index contributed by atoms with van der Waals surface area (Å²) in [5.41, 5.74) is 12.3. The Kier molecular flexibility index (Phi) is 5.18. The summed E-state index contributed by atoms with van der Waals surface area (Å²) in [5, 5.41) is 6.54. The molecule has 0 amide bonds. The fourth-order valence-electron chi connectivity index (χ4n) is 7.10. The lowest BCUT2D eigenvalue weighted by Gasteiger charge is -2.36. The van der Waals surface area contributed by atoms with Crippen LogP contribution in [0.15, 0.2) is 133 Å². The topological polar surface area (TPSA) is 27.8 Å². The van der Waals surface area contributed by atoms with Crippen LogP contribution in [0.1, 0.15) is 42.5 Å². The lowest BCUT2D eigenvalue weighted by Crippen LogP contribution is -2.34. The molecule has 2 aliphatic rings. The van der Waals surface area contributed by atoms with Gasteiger partial charge in [-0.2, -0.15) is 0 Å². The van der Waals surface area contributed by atoms with Gasteiger partial charge in [0, 0.05) is 32.9 Å². The van der Waals surface area contributed by atoms with Gasteiger partial charge in [0.25, 0.3) is 0 Å². The van der Waals surface area contributed by atoms with Gasteiger partial charge in [-0.25, -0.2) is 0 Å². The van der Waals surface area contributed by atoms with Crippen LogP contribution < -0.4 is 5.32 Å². The second kappa shape index (κ2) is 8.84. The molecule has 8 rings (SSSR count). The fraction of sp³-hybridized carbons (Fsp3) is 0.128. The van der Waals surface area contributed by atoms with Crippen LogP contribution in [0.4, 0.5) is 5.69 Å². The zero-order chi connectivity index (χ0) is 27.6. The van der Waals surface area contributed by atoms with Crippen LogP contribution in [-0.4, -0.2) is 4.98 Å². The van der Waals surface area contributed by atoms with E-state index in [9.17, 15) is 0 Å². The molecule has 1 heterocycles. The third-order valence-corrected chi connectivity index (χ3v) is 9.22. The molecular weight excluding hydrogens is 496 g/mol. The second-order valence-electron chi connectivity index (χ2n) is 12.0. The monoisotopic (exact) mass is 528 g/mol. The first-order chi connectivity index (χ1) is 20.0. The highest BCUT2D eigenvalue weighted by Crippen LogP contribution is 2.50. The minimum atomic E-state index is -0.406. The predicted octanol–water partition coefficient (Wildman–Crippen LogP) is 9.98. The summed E-state index contributed by atoms with van der Waals surface area (Å²) in [6.07, 6.45) is 7.89. The van der Waals surface area contributed by atoms with Crippen LogP contribution in [0, 0.1) is 0 Å². The number of allylic oxidation sites excluding steroid dienone is 2. The normalized spacial score (nSPS) is 18.7. The van der Waals surface area contributed by atoms with Crippen LogP contribution in [0.3, 0.4) is 0 Å². The fourth-order valence-corrected chi connectivity index (χ4v) is 7.10. The van der Waals surface area contributed by atoms with Gasteiger partial charge in [0.05, 0.1) is 5.54 Å². The molecule has 0 fully saturated rings. The summed E-state index contributed by atoms with van der Waals surface area (Å²) in [5.74, 6) is 0.